The highest BCUT2D eigenvalue weighted by Gasteiger charge is 2.04. The Balaban J connectivity index is 1.55. The number of hydrogen-bond donors (Lipinski definition) is 1. The summed E-state index contributed by atoms with van der Waals surface area (Å²) in [6.45, 7) is 1.34. The van der Waals surface area contributed by atoms with Gasteiger partial charge in [-0.15, -0.1) is 11.3 Å². The average Bonchev–Trinajstić information content (AvgIpc) is 3.12. The highest BCUT2D eigenvalue weighted by atomic mass is 32.1. The number of nitrogens with zero attached hydrogens (tertiary/aromatic N) is 1. The molecule has 0 aliphatic heterocycles. The summed E-state index contributed by atoms with van der Waals surface area (Å²) in [6.07, 6.45) is 2.54. The molecule has 1 N–H and O–H groups in total. The van der Waals surface area contributed by atoms with Crippen molar-refractivity contribution < 1.29 is 4.79 Å². The molecule has 20 heavy (non-hydrogen) atoms. The van der Waals surface area contributed by atoms with E-state index in [1.807, 2.05) is 35.8 Å². The smallest absolute Gasteiger partial charge is 0.222 e. The van der Waals surface area contributed by atoms with E-state index < -0.39 is 0 Å². The number of hydrogen-bond acceptors (Lipinski definition) is 2. The largest absolute Gasteiger partial charge is 0.351 e. The van der Waals surface area contributed by atoms with Gasteiger partial charge in [0.2, 0.25) is 5.91 Å². The Morgan fingerprint density at radius 1 is 1.15 bits per heavy atom. The van der Waals surface area contributed by atoms with Gasteiger partial charge in [0.15, 0.2) is 0 Å². The number of carbonyl (C=O) groups excluding carboxylic acids is 1. The van der Waals surface area contributed by atoms with Crippen LogP contribution in [-0.4, -0.2) is 10.5 Å². The van der Waals surface area contributed by atoms with Crippen molar-refractivity contribution in [2.75, 3.05) is 0 Å². The summed E-state index contributed by atoms with van der Waals surface area (Å²) in [5.74, 6) is 0.0937. The van der Waals surface area contributed by atoms with Crippen molar-refractivity contribution in [1.29, 1.82) is 0 Å². The first-order valence-electron chi connectivity index (χ1n) is 6.66. The van der Waals surface area contributed by atoms with Crippen LogP contribution in [0.25, 0.3) is 10.9 Å². The third-order valence-corrected chi connectivity index (χ3v) is 4.18. The number of para-hydroxylation sites is 1. The van der Waals surface area contributed by atoms with Crippen molar-refractivity contribution in [3.05, 3.63) is 58.9 Å². The van der Waals surface area contributed by atoms with E-state index in [9.17, 15) is 4.79 Å². The number of nitrogens with one attached hydrogen (secondary N) is 1. The summed E-state index contributed by atoms with van der Waals surface area (Å²) in [7, 11) is 0. The van der Waals surface area contributed by atoms with E-state index >= 15 is 0 Å². The van der Waals surface area contributed by atoms with Crippen molar-refractivity contribution in [3.8, 4) is 0 Å². The van der Waals surface area contributed by atoms with E-state index in [0.717, 1.165) is 0 Å². The molecule has 0 unspecified atom stereocenters. The third kappa shape index (κ3) is 2.91. The molecular formula is C16H16N2OS. The van der Waals surface area contributed by atoms with Crippen LogP contribution in [0.15, 0.2) is 54.0 Å². The second-order valence-corrected chi connectivity index (χ2v) is 5.71. The lowest BCUT2D eigenvalue weighted by Crippen LogP contribution is -2.23. The predicted molar refractivity (Wildman–Crippen MR) is 82.7 cm³/mol. The molecule has 102 valence electrons. The van der Waals surface area contributed by atoms with E-state index in [-0.39, 0.29) is 5.91 Å². The minimum Gasteiger partial charge on any atom is -0.351 e. The van der Waals surface area contributed by atoms with Crippen molar-refractivity contribution in [2.24, 2.45) is 0 Å². The minimum absolute atomic E-state index is 0.0937. The molecule has 3 nitrogen and oxygen atoms in total. The van der Waals surface area contributed by atoms with Gasteiger partial charge in [-0.2, -0.15) is 0 Å². The maximum absolute atomic E-state index is 11.8. The number of aryl methyl sites for hydroxylation is 1. The van der Waals surface area contributed by atoms with Gasteiger partial charge < -0.3 is 9.88 Å². The van der Waals surface area contributed by atoms with Gasteiger partial charge >= 0.3 is 0 Å². The summed E-state index contributed by atoms with van der Waals surface area (Å²) >= 11 is 1.66. The zero-order valence-corrected chi connectivity index (χ0v) is 11.9. The molecule has 0 spiro atoms. The maximum atomic E-state index is 11.8. The number of fused-ring (bicyclic) bond motifs is 1. The van der Waals surface area contributed by atoms with Gasteiger partial charge in [-0.05, 0) is 29.0 Å². The molecule has 1 amide bonds. The fraction of sp³-hybridized carbons (Fsp3) is 0.188. The number of benzene rings is 1. The first kappa shape index (κ1) is 12.9. The van der Waals surface area contributed by atoms with Gasteiger partial charge in [0.05, 0.1) is 6.54 Å². The second-order valence-electron chi connectivity index (χ2n) is 4.67. The van der Waals surface area contributed by atoms with Crippen LogP contribution >= 0.6 is 11.3 Å². The SMILES string of the molecule is O=C(CCn1ccc2ccccc21)NCc1cccs1. The highest BCUT2D eigenvalue weighted by Crippen LogP contribution is 2.15. The molecule has 4 heteroatoms. The Morgan fingerprint density at radius 3 is 2.90 bits per heavy atom. The van der Waals surface area contributed by atoms with Crippen molar-refractivity contribution in [2.45, 2.75) is 19.5 Å². The normalized spacial score (nSPS) is 10.8. The molecule has 1 aromatic carbocycles. The molecule has 0 saturated heterocycles. The Kier molecular flexibility index (Phi) is 3.83. The molecule has 3 aromatic rings. The molecule has 0 aliphatic rings. The van der Waals surface area contributed by atoms with E-state index in [1.165, 1.54) is 15.8 Å². The molecule has 0 radical (unpaired) electrons. The Labute approximate surface area is 121 Å². The lowest BCUT2D eigenvalue weighted by atomic mass is 10.2. The topological polar surface area (TPSA) is 34.0 Å². The molecule has 2 heterocycles. The van der Waals surface area contributed by atoms with E-state index in [0.29, 0.717) is 19.5 Å². The summed E-state index contributed by atoms with van der Waals surface area (Å²) in [6, 6.07) is 14.3. The summed E-state index contributed by atoms with van der Waals surface area (Å²) in [4.78, 5) is 13.0. The van der Waals surface area contributed by atoms with Crippen LogP contribution in [0.2, 0.25) is 0 Å². The van der Waals surface area contributed by atoms with E-state index in [1.54, 1.807) is 11.3 Å². The average molecular weight is 284 g/mol. The minimum atomic E-state index is 0.0937. The molecule has 0 bridgehead atoms. The molecule has 0 saturated carbocycles. The first-order chi connectivity index (χ1) is 9.83. The Hall–Kier alpha value is -2.07. The van der Waals surface area contributed by atoms with Crippen molar-refractivity contribution in [1.82, 2.24) is 9.88 Å². The molecular weight excluding hydrogens is 268 g/mol. The van der Waals surface area contributed by atoms with Gasteiger partial charge in [-0.25, -0.2) is 0 Å². The van der Waals surface area contributed by atoms with E-state index in [2.05, 4.69) is 28.1 Å². The number of amides is 1. The van der Waals surface area contributed by atoms with Crippen LogP contribution in [-0.2, 0) is 17.9 Å². The number of thiophene rings is 1. The van der Waals surface area contributed by atoms with Crippen LogP contribution in [0.4, 0.5) is 0 Å². The van der Waals surface area contributed by atoms with Crippen LogP contribution in [0, 0.1) is 0 Å². The highest BCUT2D eigenvalue weighted by molar-refractivity contribution is 7.09. The van der Waals surface area contributed by atoms with Gasteiger partial charge in [-0.3, -0.25) is 4.79 Å². The fourth-order valence-corrected chi connectivity index (χ4v) is 2.89. The molecule has 0 aliphatic carbocycles. The van der Waals surface area contributed by atoms with Crippen LogP contribution in [0.3, 0.4) is 0 Å². The van der Waals surface area contributed by atoms with Gasteiger partial charge in [0, 0.05) is 29.6 Å². The zero-order chi connectivity index (χ0) is 13.8. The molecule has 2 aromatic heterocycles. The monoisotopic (exact) mass is 284 g/mol. The summed E-state index contributed by atoms with van der Waals surface area (Å²) in [5.41, 5.74) is 1.18. The van der Waals surface area contributed by atoms with Gasteiger partial charge in [0.25, 0.3) is 0 Å². The summed E-state index contributed by atoms with van der Waals surface area (Å²) in [5, 5.41) is 6.19. The zero-order valence-electron chi connectivity index (χ0n) is 11.1. The number of rotatable bonds is 5. The molecule has 0 fully saturated rings. The Morgan fingerprint density at radius 2 is 2.05 bits per heavy atom. The predicted octanol–water partition coefficient (Wildman–Crippen LogP) is 3.41. The fourth-order valence-electron chi connectivity index (χ4n) is 2.24. The quantitative estimate of drug-likeness (QED) is 0.765. The number of aromatic nitrogens is 1. The van der Waals surface area contributed by atoms with Crippen LogP contribution < -0.4 is 5.32 Å². The molecule has 3 rings (SSSR count). The second kappa shape index (κ2) is 5.92. The van der Waals surface area contributed by atoms with Crippen LogP contribution in [0.5, 0.6) is 0 Å². The lowest BCUT2D eigenvalue weighted by molar-refractivity contribution is -0.121. The van der Waals surface area contributed by atoms with Crippen molar-refractivity contribution >= 4 is 28.1 Å². The standard InChI is InChI=1S/C16H16N2OS/c19-16(17-12-14-5-3-11-20-14)8-10-18-9-7-13-4-1-2-6-15(13)18/h1-7,9,11H,8,10,12H2,(H,17,19). The number of carbonyl (C=O) groups is 1. The first-order valence-corrected chi connectivity index (χ1v) is 7.54. The van der Waals surface area contributed by atoms with Gasteiger partial charge in [-0.1, -0.05) is 24.3 Å². The van der Waals surface area contributed by atoms with Gasteiger partial charge in [0.1, 0.15) is 0 Å². The summed E-state index contributed by atoms with van der Waals surface area (Å²) < 4.78 is 2.13. The van der Waals surface area contributed by atoms with E-state index in [4.69, 9.17) is 0 Å². The van der Waals surface area contributed by atoms with Crippen molar-refractivity contribution in [3.63, 3.8) is 0 Å². The lowest BCUT2D eigenvalue weighted by Gasteiger charge is -2.06. The van der Waals surface area contributed by atoms with Crippen LogP contribution in [0.1, 0.15) is 11.3 Å². The molecule has 0 atom stereocenters. The maximum Gasteiger partial charge on any atom is 0.222 e. The third-order valence-electron chi connectivity index (χ3n) is 3.30. The Bertz CT molecular complexity index is 700.